The van der Waals surface area contributed by atoms with Crippen LogP contribution >= 0.6 is 0 Å². The lowest BCUT2D eigenvalue weighted by Crippen LogP contribution is -2.48. The van der Waals surface area contributed by atoms with Gasteiger partial charge in [0, 0.05) is 30.1 Å². The fourth-order valence-corrected chi connectivity index (χ4v) is 2.47. The molecule has 2 amide bonds. The van der Waals surface area contributed by atoms with Crippen LogP contribution < -0.4 is 10.6 Å². The molecule has 0 spiro atoms. The van der Waals surface area contributed by atoms with Gasteiger partial charge >= 0.3 is 0 Å². The van der Waals surface area contributed by atoms with Crippen LogP contribution in [0.25, 0.3) is 11.3 Å². The van der Waals surface area contributed by atoms with Crippen molar-refractivity contribution in [2.24, 2.45) is 5.41 Å². The largest absolute Gasteiger partial charge is 0.451 e. The Morgan fingerprint density at radius 1 is 1.08 bits per heavy atom. The van der Waals surface area contributed by atoms with E-state index in [1.54, 1.807) is 43.4 Å². The van der Waals surface area contributed by atoms with Crippen LogP contribution in [0.5, 0.6) is 0 Å². The first kappa shape index (κ1) is 16.3. The second-order valence-electron chi connectivity index (χ2n) is 6.31. The van der Waals surface area contributed by atoms with Gasteiger partial charge in [-0.2, -0.15) is 0 Å². The highest BCUT2D eigenvalue weighted by atomic mass is 16.5. The Morgan fingerprint density at radius 3 is 2.38 bits per heavy atom. The predicted octanol–water partition coefficient (Wildman–Crippen LogP) is 2.07. The van der Waals surface area contributed by atoms with Crippen LogP contribution in [-0.2, 0) is 4.74 Å². The van der Waals surface area contributed by atoms with E-state index in [-0.39, 0.29) is 23.0 Å². The molecule has 6 nitrogen and oxygen atoms in total. The van der Waals surface area contributed by atoms with E-state index in [2.05, 4.69) is 17.6 Å². The average Bonchev–Trinajstić information content (AvgIpc) is 3.07. The molecule has 0 saturated carbocycles. The normalized spacial score (nSPS) is 15.4. The Morgan fingerprint density at radius 2 is 1.79 bits per heavy atom. The van der Waals surface area contributed by atoms with Gasteiger partial charge in [0.2, 0.25) is 0 Å². The van der Waals surface area contributed by atoms with E-state index in [1.165, 1.54) is 0 Å². The third-order valence-electron chi connectivity index (χ3n) is 4.07. The number of hydrogen-bond donors (Lipinski definition) is 2. The van der Waals surface area contributed by atoms with Gasteiger partial charge in [-0.3, -0.25) is 9.59 Å². The summed E-state index contributed by atoms with van der Waals surface area (Å²) in [5, 5.41) is 5.44. The highest BCUT2D eigenvalue weighted by molar-refractivity contribution is 5.95. The molecule has 24 heavy (non-hydrogen) atoms. The number of hydrogen-bond acceptors (Lipinski definition) is 4. The Bertz CT molecular complexity index is 745. The third kappa shape index (κ3) is 3.33. The average molecular weight is 328 g/mol. The molecule has 1 aliphatic rings. The van der Waals surface area contributed by atoms with E-state index >= 15 is 0 Å². The van der Waals surface area contributed by atoms with Crippen LogP contribution in [0.2, 0.25) is 0 Å². The van der Waals surface area contributed by atoms with Gasteiger partial charge in [0.25, 0.3) is 11.8 Å². The number of nitrogens with one attached hydrogen (secondary N) is 2. The van der Waals surface area contributed by atoms with Gasteiger partial charge in [-0.1, -0.05) is 19.1 Å². The van der Waals surface area contributed by atoms with Crippen LogP contribution in [0.15, 0.2) is 40.8 Å². The van der Waals surface area contributed by atoms with Gasteiger partial charge in [0.15, 0.2) is 5.76 Å². The van der Waals surface area contributed by atoms with E-state index in [4.69, 9.17) is 9.15 Å². The molecule has 126 valence electrons. The zero-order valence-electron chi connectivity index (χ0n) is 13.7. The number of carbonyl (C=O) groups is 2. The van der Waals surface area contributed by atoms with E-state index in [0.717, 1.165) is 5.56 Å². The fraction of sp³-hybridized carbons (Fsp3) is 0.333. The highest BCUT2D eigenvalue weighted by Crippen LogP contribution is 2.25. The second kappa shape index (κ2) is 6.49. The van der Waals surface area contributed by atoms with E-state index in [1.807, 2.05) is 0 Å². The van der Waals surface area contributed by atoms with Gasteiger partial charge in [0.05, 0.1) is 13.2 Å². The molecule has 6 heteroatoms. The molecule has 0 radical (unpaired) electrons. The summed E-state index contributed by atoms with van der Waals surface area (Å²) in [6.45, 7) is 4.04. The summed E-state index contributed by atoms with van der Waals surface area (Å²) < 4.78 is 10.7. The number of furan rings is 1. The molecule has 0 aliphatic carbocycles. The summed E-state index contributed by atoms with van der Waals surface area (Å²) in [5.74, 6) is 0.454. The molecule has 3 rings (SSSR count). The minimum absolute atomic E-state index is 0.0417. The minimum Gasteiger partial charge on any atom is -0.451 e. The van der Waals surface area contributed by atoms with Gasteiger partial charge in [0.1, 0.15) is 5.76 Å². The fourth-order valence-electron chi connectivity index (χ4n) is 2.47. The Hall–Kier alpha value is -2.60. The number of amides is 2. The van der Waals surface area contributed by atoms with E-state index in [9.17, 15) is 9.59 Å². The zero-order chi connectivity index (χ0) is 17.2. The van der Waals surface area contributed by atoms with Crippen LogP contribution in [0.3, 0.4) is 0 Å². The van der Waals surface area contributed by atoms with Crippen molar-refractivity contribution in [2.75, 3.05) is 26.8 Å². The third-order valence-corrected chi connectivity index (χ3v) is 4.07. The number of benzene rings is 1. The van der Waals surface area contributed by atoms with E-state index < -0.39 is 0 Å². The van der Waals surface area contributed by atoms with E-state index in [0.29, 0.717) is 31.1 Å². The van der Waals surface area contributed by atoms with Gasteiger partial charge in [-0.05, 0) is 24.3 Å². The molecule has 1 fully saturated rings. The van der Waals surface area contributed by atoms with Crippen LogP contribution in [0.1, 0.15) is 27.8 Å². The van der Waals surface area contributed by atoms with Crippen molar-refractivity contribution >= 4 is 11.8 Å². The molecule has 0 unspecified atom stereocenters. The lowest BCUT2D eigenvalue weighted by Gasteiger charge is -2.38. The first-order valence-corrected chi connectivity index (χ1v) is 7.79. The maximum atomic E-state index is 12.2. The molecule has 2 N–H and O–H groups in total. The predicted molar refractivity (Wildman–Crippen MR) is 88.8 cm³/mol. The summed E-state index contributed by atoms with van der Waals surface area (Å²) in [4.78, 5) is 23.7. The summed E-state index contributed by atoms with van der Waals surface area (Å²) in [5.41, 5.74) is 1.43. The number of carbonyl (C=O) groups excluding carboxylic acids is 2. The van der Waals surface area contributed by atoms with Gasteiger partial charge in [-0.25, -0.2) is 0 Å². The Kier molecular flexibility index (Phi) is 4.40. The summed E-state index contributed by atoms with van der Waals surface area (Å²) >= 11 is 0. The molecule has 1 aromatic carbocycles. The van der Waals surface area contributed by atoms with Crippen LogP contribution in [-0.4, -0.2) is 38.6 Å². The highest BCUT2D eigenvalue weighted by Gasteiger charge is 2.33. The number of ether oxygens (including phenoxy) is 1. The maximum absolute atomic E-state index is 12.2. The molecule has 1 saturated heterocycles. The van der Waals surface area contributed by atoms with Gasteiger partial charge < -0.3 is 19.8 Å². The molecule has 1 aliphatic heterocycles. The smallest absolute Gasteiger partial charge is 0.286 e. The standard InChI is InChI=1S/C18H20N2O4/c1-18(10-23-11-18)9-20-16(21)13-5-3-12(4-6-13)14-7-8-15(24-14)17(22)19-2/h3-8H,9-11H2,1-2H3,(H,19,22)(H,20,21). The topological polar surface area (TPSA) is 80.6 Å². The molecule has 0 bridgehead atoms. The van der Waals surface area contributed by atoms with Crippen molar-refractivity contribution in [2.45, 2.75) is 6.92 Å². The van der Waals surface area contributed by atoms with Crippen molar-refractivity contribution in [1.82, 2.24) is 10.6 Å². The van der Waals surface area contributed by atoms with Crippen LogP contribution in [0.4, 0.5) is 0 Å². The second-order valence-corrected chi connectivity index (χ2v) is 6.31. The first-order chi connectivity index (χ1) is 11.5. The maximum Gasteiger partial charge on any atom is 0.286 e. The quantitative estimate of drug-likeness (QED) is 0.880. The summed E-state index contributed by atoms with van der Waals surface area (Å²) in [6.07, 6.45) is 0. The summed E-state index contributed by atoms with van der Waals surface area (Å²) in [6, 6.07) is 10.4. The lowest BCUT2D eigenvalue weighted by molar-refractivity contribution is -0.0978. The molecule has 0 atom stereocenters. The first-order valence-electron chi connectivity index (χ1n) is 7.79. The van der Waals surface area contributed by atoms with Crippen molar-refractivity contribution in [3.8, 4) is 11.3 Å². The molecular formula is C18H20N2O4. The molecule has 1 aromatic heterocycles. The lowest BCUT2D eigenvalue weighted by atomic mass is 9.88. The van der Waals surface area contributed by atoms with Crippen molar-refractivity contribution in [3.05, 3.63) is 47.7 Å². The van der Waals surface area contributed by atoms with Crippen molar-refractivity contribution < 1.29 is 18.7 Å². The molecule has 2 aromatic rings. The monoisotopic (exact) mass is 328 g/mol. The summed E-state index contributed by atoms with van der Waals surface area (Å²) in [7, 11) is 1.55. The SMILES string of the molecule is CNC(=O)c1ccc(-c2ccc(C(=O)NCC3(C)COC3)cc2)o1. The Labute approximate surface area is 140 Å². The minimum atomic E-state index is -0.272. The molecule has 2 heterocycles. The zero-order valence-corrected chi connectivity index (χ0v) is 13.7. The van der Waals surface area contributed by atoms with Crippen molar-refractivity contribution in [3.63, 3.8) is 0 Å². The van der Waals surface area contributed by atoms with Crippen LogP contribution in [0, 0.1) is 5.41 Å². The Balaban J connectivity index is 1.65. The number of rotatable bonds is 5. The van der Waals surface area contributed by atoms with Crippen molar-refractivity contribution in [1.29, 1.82) is 0 Å². The molecular weight excluding hydrogens is 308 g/mol. The van der Waals surface area contributed by atoms with Gasteiger partial charge in [-0.15, -0.1) is 0 Å².